The van der Waals surface area contributed by atoms with Gasteiger partial charge in [-0.25, -0.2) is 4.79 Å². The molecule has 4 nitrogen and oxygen atoms in total. The first kappa shape index (κ1) is 15.8. The lowest BCUT2D eigenvalue weighted by Gasteiger charge is -2.39. The van der Waals surface area contributed by atoms with Crippen molar-refractivity contribution in [2.45, 2.75) is 51.2 Å². The van der Waals surface area contributed by atoms with Crippen molar-refractivity contribution >= 4 is 11.7 Å². The highest BCUT2D eigenvalue weighted by Crippen LogP contribution is 2.32. The molecule has 0 radical (unpaired) electrons. The molecule has 1 aromatic carbocycles. The standard InChI is InChI=1S/C17H25NO3/c1-4-5-15-12-17(10-11-21-15,16(19)20-3)18-14-8-6-13(2)7-9-14/h6-9,15,18H,4-5,10-12H2,1-3H3. The maximum atomic E-state index is 12.4. The Kier molecular flexibility index (Phi) is 5.23. The van der Waals surface area contributed by atoms with E-state index in [0.29, 0.717) is 19.4 Å². The number of carbonyl (C=O) groups is 1. The molecule has 4 heteroatoms. The molecule has 1 N–H and O–H groups in total. The summed E-state index contributed by atoms with van der Waals surface area (Å²) in [6.07, 6.45) is 3.41. The molecular weight excluding hydrogens is 266 g/mol. The van der Waals surface area contributed by atoms with Gasteiger partial charge in [-0.15, -0.1) is 0 Å². The van der Waals surface area contributed by atoms with Crippen LogP contribution < -0.4 is 5.32 Å². The first-order valence-corrected chi connectivity index (χ1v) is 7.64. The number of nitrogens with one attached hydrogen (secondary N) is 1. The van der Waals surface area contributed by atoms with E-state index in [1.807, 2.05) is 31.2 Å². The second kappa shape index (κ2) is 6.94. The third-order valence-corrected chi connectivity index (χ3v) is 4.08. The van der Waals surface area contributed by atoms with Crippen LogP contribution in [0.5, 0.6) is 0 Å². The highest BCUT2D eigenvalue weighted by atomic mass is 16.5. The smallest absolute Gasteiger partial charge is 0.331 e. The Balaban J connectivity index is 2.20. The molecule has 0 saturated carbocycles. The van der Waals surface area contributed by atoms with Gasteiger partial charge in [0.25, 0.3) is 0 Å². The van der Waals surface area contributed by atoms with Gasteiger partial charge in [-0.05, 0) is 25.5 Å². The Morgan fingerprint density at radius 2 is 2.14 bits per heavy atom. The molecule has 116 valence electrons. The van der Waals surface area contributed by atoms with E-state index in [9.17, 15) is 4.79 Å². The minimum Gasteiger partial charge on any atom is -0.467 e. The lowest BCUT2D eigenvalue weighted by molar-refractivity contribution is -0.151. The summed E-state index contributed by atoms with van der Waals surface area (Å²) < 4.78 is 10.8. The van der Waals surface area contributed by atoms with Crippen molar-refractivity contribution in [2.24, 2.45) is 0 Å². The van der Waals surface area contributed by atoms with Gasteiger partial charge in [0, 0.05) is 25.1 Å². The number of benzene rings is 1. The second-order valence-corrected chi connectivity index (χ2v) is 5.80. The Morgan fingerprint density at radius 1 is 1.43 bits per heavy atom. The van der Waals surface area contributed by atoms with Crippen LogP contribution in [0.1, 0.15) is 38.2 Å². The zero-order valence-electron chi connectivity index (χ0n) is 13.1. The van der Waals surface area contributed by atoms with Crippen LogP contribution in [0.25, 0.3) is 0 Å². The minimum absolute atomic E-state index is 0.112. The number of rotatable bonds is 5. The summed E-state index contributed by atoms with van der Waals surface area (Å²) in [6, 6.07) is 8.08. The molecular formula is C17H25NO3. The van der Waals surface area contributed by atoms with Gasteiger partial charge in [-0.2, -0.15) is 0 Å². The number of anilines is 1. The van der Waals surface area contributed by atoms with Gasteiger partial charge in [-0.1, -0.05) is 31.0 Å². The summed E-state index contributed by atoms with van der Waals surface area (Å²) >= 11 is 0. The van der Waals surface area contributed by atoms with Crippen LogP contribution in [0, 0.1) is 6.92 Å². The lowest BCUT2D eigenvalue weighted by Crippen LogP contribution is -2.53. The molecule has 1 fully saturated rings. The quantitative estimate of drug-likeness (QED) is 0.846. The average Bonchev–Trinajstić information content (AvgIpc) is 2.49. The van der Waals surface area contributed by atoms with E-state index in [0.717, 1.165) is 18.5 Å². The van der Waals surface area contributed by atoms with Crippen molar-refractivity contribution in [3.63, 3.8) is 0 Å². The third kappa shape index (κ3) is 3.76. The maximum absolute atomic E-state index is 12.4. The molecule has 1 saturated heterocycles. The third-order valence-electron chi connectivity index (χ3n) is 4.08. The van der Waals surface area contributed by atoms with Crippen LogP contribution in [-0.4, -0.2) is 31.3 Å². The number of carbonyl (C=O) groups excluding carboxylic acids is 1. The summed E-state index contributed by atoms with van der Waals surface area (Å²) in [6.45, 7) is 4.76. The molecule has 1 heterocycles. The van der Waals surface area contributed by atoms with Crippen molar-refractivity contribution in [3.05, 3.63) is 29.8 Å². The fraction of sp³-hybridized carbons (Fsp3) is 0.588. The molecule has 21 heavy (non-hydrogen) atoms. The van der Waals surface area contributed by atoms with E-state index in [-0.39, 0.29) is 12.1 Å². The second-order valence-electron chi connectivity index (χ2n) is 5.80. The van der Waals surface area contributed by atoms with E-state index in [4.69, 9.17) is 9.47 Å². The van der Waals surface area contributed by atoms with Gasteiger partial charge in [-0.3, -0.25) is 0 Å². The molecule has 0 spiro atoms. The Bertz CT molecular complexity index is 469. The van der Waals surface area contributed by atoms with Crippen LogP contribution in [0.2, 0.25) is 0 Å². The molecule has 1 aliphatic rings. The van der Waals surface area contributed by atoms with Gasteiger partial charge >= 0.3 is 5.97 Å². The SMILES string of the molecule is CCCC1CC(Nc2ccc(C)cc2)(C(=O)OC)CCO1. The maximum Gasteiger partial charge on any atom is 0.331 e. The Morgan fingerprint density at radius 3 is 2.76 bits per heavy atom. The van der Waals surface area contributed by atoms with Crippen LogP contribution in [0.3, 0.4) is 0 Å². The molecule has 2 unspecified atom stereocenters. The van der Waals surface area contributed by atoms with Crippen LogP contribution >= 0.6 is 0 Å². The topological polar surface area (TPSA) is 47.6 Å². The first-order valence-electron chi connectivity index (χ1n) is 7.64. The monoisotopic (exact) mass is 291 g/mol. The molecule has 2 rings (SSSR count). The van der Waals surface area contributed by atoms with E-state index < -0.39 is 5.54 Å². The van der Waals surface area contributed by atoms with E-state index in [1.54, 1.807) is 0 Å². The number of methoxy groups -OCH3 is 1. The largest absolute Gasteiger partial charge is 0.467 e. The van der Waals surface area contributed by atoms with E-state index in [1.165, 1.54) is 12.7 Å². The number of hydrogen-bond acceptors (Lipinski definition) is 4. The number of esters is 1. The number of hydrogen-bond donors (Lipinski definition) is 1. The normalized spacial score (nSPS) is 25.4. The van der Waals surface area contributed by atoms with Gasteiger partial charge in [0.15, 0.2) is 0 Å². The average molecular weight is 291 g/mol. The zero-order chi connectivity index (χ0) is 15.3. The molecule has 0 bridgehead atoms. The Hall–Kier alpha value is -1.55. The summed E-state index contributed by atoms with van der Waals surface area (Å²) in [5, 5.41) is 3.41. The molecule has 1 aromatic rings. The van der Waals surface area contributed by atoms with Gasteiger partial charge in [0.2, 0.25) is 0 Å². The van der Waals surface area contributed by atoms with Gasteiger partial charge < -0.3 is 14.8 Å². The van der Waals surface area contributed by atoms with Gasteiger partial charge in [0.05, 0.1) is 13.2 Å². The highest BCUT2D eigenvalue weighted by Gasteiger charge is 2.44. The first-order chi connectivity index (χ1) is 10.1. The van der Waals surface area contributed by atoms with Gasteiger partial charge in [0.1, 0.15) is 5.54 Å². The molecule has 2 atom stereocenters. The summed E-state index contributed by atoms with van der Waals surface area (Å²) in [4.78, 5) is 12.4. The number of aryl methyl sites for hydroxylation is 1. The summed E-state index contributed by atoms with van der Waals surface area (Å²) in [7, 11) is 1.45. The van der Waals surface area contributed by atoms with Crippen molar-refractivity contribution < 1.29 is 14.3 Å². The van der Waals surface area contributed by atoms with Crippen molar-refractivity contribution in [1.29, 1.82) is 0 Å². The van der Waals surface area contributed by atoms with Crippen LogP contribution in [-0.2, 0) is 14.3 Å². The lowest BCUT2D eigenvalue weighted by atomic mass is 9.85. The fourth-order valence-electron chi connectivity index (χ4n) is 2.92. The van der Waals surface area contributed by atoms with Crippen LogP contribution in [0.4, 0.5) is 5.69 Å². The molecule has 1 aliphatic heterocycles. The van der Waals surface area contributed by atoms with Crippen molar-refractivity contribution in [3.8, 4) is 0 Å². The van der Waals surface area contributed by atoms with E-state index in [2.05, 4.69) is 12.2 Å². The molecule has 0 aliphatic carbocycles. The molecule has 0 aromatic heterocycles. The zero-order valence-corrected chi connectivity index (χ0v) is 13.1. The Labute approximate surface area is 126 Å². The highest BCUT2D eigenvalue weighted by molar-refractivity contribution is 5.84. The van der Waals surface area contributed by atoms with Crippen molar-refractivity contribution in [2.75, 3.05) is 19.0 Å². The summed E-state index contributed by atoms with van der Waals surface area (Å²) in [5.74, 6) is -0.201. The minimum atomic E-state index is -0.678. The molecule has 0 amide bonds. The predicted octanol–water partition coefficient (Wildman–Crippen LogP) is 3.30. The summed E-state index contributed by atoms with van der Waals surface area (Å²) in [5.41, 5.74) is 1.47. The number of ether oxygens (including phenoxy) is 2. The van der Waals surface area contributed by atoms with E-state index >= 15 is 0 Å². The predicted molar refractivity (Wildman–Crippen MR) is 83.4 cm³/mol. The van der Waals surface area contributed by atoms with Crippen molar-refractivity contribution in [1.82, 2.24) is 0 Å². The van der Waals surface area contributed by atoms with Crippen LogP contribution in [0.15, 0.2) is 24.3 Å². The fourth-order valence-corrected chi connectivity index (χ4v) is 2.92.